The molecule has 678 valence electrons. The smallest absolute Gasteiger partial charge is 0.127 e. The molecule has 0 saturated carbocycles. The number of para-hydroxylation sites is 3. The lowest BCUT2D eigenvalue weighted by atomic mass is 10.2. The van der Waals surface area contributed by atoms with Gasteiger partial charge in [-0.1, -0.05) is 434 Å². The highest BCUT2D eigenvalue weighted by molar-refractivity contribution is 7.82. The molecule has 12 heteroatoms. The van der Waals surface area contributed by atoms with E-state index in [1.54, 1.807) is 42.7 Å². The summed E-state index contributed by atoms with van der Waals surface area (Å²) in [6, 6.07) is 162. The maximum atomic E-state index is 5.65. The van der Waals surface area contributed by atoms with Crippen LogP contribution in [0.25, 0.3) is 0 Å². The minimum atomic E-state index is -0.901. The summed E-state index contributed by atoms with van der Waals surface area (Å²) in [7, 11) is 6.61. The van der Waals surface area contributed by atoms with E-state index in [-0.39, 0.29) is 0 Å². The standard InChI is InChI=1S/2C21H21O3P.3C21H21P.C18H15P/c1-22-16-7-4-10-19(13-16)25(20-11-5-8-17(14-20)23-2)21-12-6-9-18(15-21)24-3;1-22-16-10-4-7-13-19(16)25(20-14-8-5-11-17(20)23-2)21-15-9-6-12-18(21)24-3;1-16-4-10-19(11-5-16)22(20-12-6-17(2)7-13-20)21-14-8-18(3)9-15-21;1-16-7-4-10-19(13-16)22(20-11-5-8-17(2)14-20)21-12-6-9-18(3)15-21;1-16-10-4-7-13-19(16)22(20-14-8-5-11-17(20)2)21-15-9-6-12-18(21)3;1-4-10-16(11-5-1)19(17-12-6-2-7-13-17)18-14-8-3-9-15-18/h2*4-15H,1-3H3;3*4-15H,1-3H3;1-15H. The average molecular weight is 1880 g/mol. The first kappa shape index (κ1) is 99.8. The van der Waals surface area contributed by atoms with Gasteiger partial charge in [0.05, 0.1) is 42.7 Å². The van der Waals surface area contributed by atoms with E-state index in [0.717, 1.165) is 50.4 Å². The maximum Gasteiger partial charge on any atom is 0.127 e. The number of hydrogen-bond acceptors (Lipinski definition) is 6. The van der Waals surface area contributed by atoms with Crippen molar-refractivity contribution in [2.45, 2.75) is 62.3 Å². The van der Waals surface area contributed by atoms with Crippen molar-refractivity contribution in [2.75, 3.05) is 42.7 Å². The van der Waals surface area contributed by atoms with Crippen LogP contribution in [0.5, 0.6) is 34.5 Å². The van der Waals surface area contributed by atoms with Crippen LogP contribution in [0.15, 0.2) is 455 Å². The van der Waals surface area contributed by atoms with Gasteiger partial charge in [-0.25, -0.2) is 0 Å². The Hall–Kier alpha value is -12.7. The largest absolute Gasteiger partial charge is 0.497 e. The number of benzene rings is 18. The summed E-state index contributed by atoms with van der Waals surface area (Å²) in [5.41, 5.74) is 12.0. The summed E-state index contributed by atoms with van der Waals surface area (Å²) in [4.78, 5) is 0. The molecule has 0 bridgehead atoms. The molecule has 0 saturated heterocycles. The highest BCUT2D eigenvalue weighted by atomic mass is 31.1. The number of aryl methyl sites for hydroxylation is 9. The van der Waals surface area contributed by atoms with Crippen molar-refractivity contribution in [3.05, 3.63) is 505 Å². The Morgan fingerprint density at radius 2 is 0.326 bits per heavy atom. The molecule has 0 aromatic heterocycles. The topological polar surface area (TPSA) is 55.4 Å². The fourth-order valence-corrected chi connectivity index (χ4v) is 30.7. The molecule has 18 aromatic carbocycles. The van der Waals surface area contributed by atoms with Crippen LogP contribution in [0.3, 0.4) is 0 Å². The molecule has 0 heterocycles. The molecule has 0 aliphatic carbocycles. The van der Waals surface area contributed by atoms with Gasteiger partial charge >= 0.3 is 0 Å². The van der Waals surface area contributed by atoms with E-state index in [4.69, 9.17) is 28.4 Å². The molecule has 0 spiro atoms. The Bertz CT molecular complexity index is 6090. The van der Waals surface area contributed by atoms with Crippen molar-refractivity contribution < 1.29 is 28.4 Å². The van der Waals surface area contributed by atoms with E-state index in [1.165, 1.54) is 130 Å². The summed E-state index contributed by atoms with van der Waals surface area (Å²) in [6.07, 6.45) is 0. The van der Waals surface area contributed by atoms with Crippen molar-refractivity contribution >= 4 is 143 Å². The maximum absolute atomic E-state index is 5.65. The number of methoxy groups -OCH3 is 6. The molecule has 18 rings (SSSR count). The summed E-state index contributed by atoms with van der Waals surface area (Å²) >= 11 is 0. The molecule has 0 radical (unpaired) electrons. The minimum Gasteiger partial charge on any atom is -0.497 e. The van der Waals surface area contributed by atoms with Crippen LogP contribution in [0, 0.1) is 62.3 Å². The molecular weight excluding hydrogens is 1760 g/mol. The third-order valence-electron chi connectivity index (χ3n) is 22.7. The van der Waals surface area contributed by atoms with Crippen LogP contribution >= 0.6 is 47.5 Å². The molecule has 0 N–H and O–H groups in total. The van der Waals surface area contributed by atoms with Gasteiger partial charge < -0.3 is 28.4 Å². The Balaban J connectivity index is 0.000000137. The predicted molar refractivity (Wildman–Crippen MR) is 593 cm³/mol. The third kappa shape index (κ3) is 27.4. The Labute approximate surface area is 810 Å². The van der Waals surface area contributed by atoms with Crippen molar-refractivity contribution in [3.8, 4) is 34.5 Å². The van der Waals surface area contributed by atoms with Gasteiger partial charge in [-0.15, -0.1) is 0 Å². The van der Waals surface area contributed by atoms with Crippen LogP contribution in [-0.2, 0) is 0 Å². The molecule has 0 aliphatic rings. The zero-order chi connectivity index (χ0) is 94.8. The van der Waals surface area contributed by atoms with E-state index in [0.29, 0.717) is 0 Å². The first-order valence-corrected chi connectivity index (χ1v) is 53.3. The van der Waals surface area contributed by atoms with E-state index in [1.807, 2.05) is 91.0 Å². The lowest BCUT2D eigenvalue weighted by Crippen LogP contribution is -2.25. The van der Waals surface area contributed by atoms with E-state index >= 15 is 0 Å². The Morgan fingerprint density at radius 3 is 0.563 bits per heavy atom. The molecule has 18 aromatic rings. The van der Waals surface area contributed by atoms with Crippen LogP contribution in [0.4, 0.5) is 0 Å². The number of ether oxygens (including phenoxy) is 6. The molecular formula is C123H120O6P6. The lowest BCUT2D eigenvalue weighted by Gasteiger charge is -2.24. The van der Waals surface area contributed by atoms with Crippen LogP contribution in [0.1, 0.15) is 50.1 Å². The van der Waals surface area contributed by atoms with Gasteiger partial charge in [-0.3, -0.25) is 0 Å². The minimum absolute atomic E-state index is 0.446. The van der Waals surface area contributed by atoms with Crippen LogP contribution in [0.2, 0.25) is 0 Å². The Morgan fingerprint density at radius 1 is 0.133 bits per heavy atom. The third-order valence-corrected chi connectivity index (χ3v) is 37.8. The summed E-state index contributed by atoms with van der Waals surface area (Å²) in [5, 5.41) is 24.1. The second-order valence-electron chi connectivity index (χ2n) is 32.5. The molecule has 0 aliphatic heterocycles. The molecule has 0 unspecified atom stereocenters. The molecule has 0 amide bonds. The van der Waals surface area contributed by atoms with Crippen molar-refractivity contribution in [1.29, 1.82) is 0 Å². The highest BCUT2D eigenvalue weighted by Crippen LogP contribution is 2.44. The molecule has 0 fully saturated rings. The van der Waals surface area contributed by atoms with Gasteiger partial charge in [0, 0.05) is 15.9 Å². The van der Waals surface area contributed by atoms with Gasteiger partial charge in [-0.05, 0) is 261 Å². The number of rotatable bonds is 24. The quantitative estimate of drug-likeness (QED) is 0.0562. The predicted octanol–water partition coefficient (Wildman–Crippen LogP) is 23.5. The van der Waals surface area contributed by atoms with Crippen molar-refractivity contribution in [2.24, 2.45) is 0 Å². The second-order valence-corrected chi connectivity index (χ2v) is 45.6. The SMILES string of the molecule is COc1cccc(P(c2cccc(OC)c2)c2cccc(OC)c2)c1.COc1ccccc1P(c1ccccc1OC)c1ccccc1OC.Cc1ccc(P(c2ccc(C)cc2)c2ccc(C)cc2)cc1.Cc1cccc(P(c2cccc(C)c2)c2cccc(C)c2)c1.Cc1ccccc1P(c1ccccc1C)c1ccccc1C.c1ccc(P(c2ccccc2)c2ccccc2)cc1. The van der Waals surface area contributed by atoms with Gasteiger partial charge in [0.15, 0.2) is 0 Å². The fourth-order valence-electron chi connectivity index (χ4n) is 15.8. The molecule has 6 nitrogen and oxygen atoms in total. The van der Waals surface area contributed by atoms with E-state index in [2.05, 4.69) is 426 Å². The van der Waals surface area contributed by atoms with Crippen molar-refractivity contribution in [3.63, 3.8) is 0 Å². The van der Waals surface area contributed by atoms with Gasteiger partial charge in [-0.2, -0.15) is 0 Å². The van der Waals surface area contributed by atoms with E-state index < -0.39 is 47.5 Å². The van der Waals surface area contributed by atoms with Crippen LogP contribution < -0.4 is 124 Å². The van der Waals surface area contributed by atoms with Gasteiger partial charge in [0.25, 0.3) is 0 Å². The first-order valence-electron chi connectivity index (χ1n) is 45.3. The fraction of sp³-hybridized carbons (Fsp3) is 0.122. The van der Waals surface area contributed by atoms with Gasteiger partial charge in [0.1, 0.15) is 34.5 Å². The van der Waals surface area contributed by atoms with E-state index in [9.17, 15) is 0 Å². The summed E-state index contributed by atoms with van der Waals surface area (Å²) in [6.45, 7) is 19.6. The van der Waals surface area contributed by atoms with Gasteiger partial charge in [0.2, 0.25) is 0 Å². The summed E-state index contributed by atoms with van der Waals surface area (Å²) < 4.78 is 33.2. The normalized spacial score (nSPS) is 10.7. The number of hydrogen-bond donors (Lipinski definition) is 0. The first-order chi connectivity index (χ1) is 65.9. The zero-order valence-corrected chi connectivity index (χ0v) is 85.3. The second kappa shape index (κ2) is 51.2. The summed E-state index contributed by atoms with van der Waals surface area (Å²) in [5.74, 6) is 5.17. The Kier molecular flexibility index (Phi) is 37.8. The lowest BCUT2D eigenvalue weighted by molar-refractivity contribution is 0.415. The molecule has 0 atom stereocenters. The van der Waals surface area contributed by atoms with Crippen molar-refractivity contribution in [1.82, 2.24) is 0 Å². The molecule has 135 heavy (non-hydrogen) atoms. The average Bonchev–Trinajstić information content (AvgIpc) is 0.784. The monoisotopic (exact) mass is 1880 g/mol. The highest BCUT2D eigenvalue weighted by Gasteiger charge is 2.28. The van der Waals surface area contributed by atoms with Crippen LogP contribution in [-0.4, -0.2) is 42.7 Å². The zero-order valence-electron chi connectivity index (χ0n) is 79.9.